The molecule has 0 atom stereocenters. The predicted octanol–water partition coefficient (Wildman–Crippen LogP) is 1.46. The van der Waals surface area contributed by atoms with Gasteiger partial charge in [-0.05, 0) is 31.0 Å². The van der Waals surface area contributed by atoms with Crippen molar-refractivity contribution in [1.29, 1.82) is 0 Å². The first-order valence-corrected chi connectivity index (χ1v) is 10.7. The van der Waals surface area contributed by atoms with Crippen LogP contribution in [0.25, 0.3) is 0 Å². The van der Waals surface area contributed by atoms with Crippen molar-refractivity contribution in [3.63, 3.8) is 0 Å². The van der Waals surface area contributed by atoms with E-state index in [1.54, 1.807) is 7.11 Å². The standard InChI is InChI=1S/C18H32N4O3S/c1-5-19-18(21-14-15-26(23,24)22(6-2)7-3)20-13-12-16-8-10-17(25-4)11-9-16/h8-11H,5-7,12-15H2,1-4H3,(H2,19,20,21). The van der Waals surface area contributed by atoms with Crippen LogP contribution >= 0.6 is 0 Å². The van der Waals surface area contributed by atoms with Crippen LogP contribution in [0.5, 0.6) is 5.75 Å². The van der Waals surface area contributed by atoms with Crippen molar-refractivity contribution in [2.45, 2.75) is 27.2 Å². The van der Waals surface area contributed by atoms with E-state index >= 15 is 0 Å². The molecule has 0 fully saturated rings. The quantitative estimate of drug-likeness (QED) is 0.446. The number of hydrogen-bond donors (Lipinski definition) is 2. The number of methoxy groups -OCH3 is 1. The van der Waals surface area contributed by atoms with Crippen LogP contribution in [-0.2, 0) is 16.4 Å². The molecule has 26 heavy (non-hydrogen) atoms. The van der Waals surface area contributed by atoms with Gasteiger partial charge in [-0.1, -0.05) is 26.0 Å². The van der Waals surface area contributed by atoms with E-state index in [9.17, 15) is 8.42 Å². The van der Waals surface area contributed by atoms with Gasteiger partial charge in [-0.2, -0.15) is 0 Å². The Kier molecular flexibility index (Phi) is 10.0. The number of aliphatic imine (C=N–C) groups is 1. The lowest BCUT2D eigenvalue weighted by molar-refractivity contribution is 0.414. The van der Waals surface area contributed by atoms with Gasteiger partial charge >= 0.3 is 0 Å². The van der Waals surface area contributed by atoms with Crippen LogP contribution in [0.3, 0.4) is 0 Å². The molecule has 0 aliphatic heterocycles. The second-order valence-electron chi connectivity index (χ2n) is 5.69. The number of benzene rings is 1. The molecule has 0 heterocycles. The second-order valence-corrected chi connectivity index (χ2v) is 7.77. The minimum absolute atomic E-state index is 0.0176. The first-order chi connectivity index (χ1) is 12.5. The van der Waals surface area contributed by atoms with Gasteiger partial charge in [-0.3, -0.25) is 4.99 Å². The van der Waals surface area contributed by atoms with Crippen LogP contribution in [0.1, 0.15) is 26.3 Å². The molecule has 0 aromatic heterocycles. The number of sulfonamides is 1. The number of guanidine groups is 1. The molecule has 1 aromatic carbocycles. The van der Waals surface area contributed by atoms with Gasteiger partial charge in [0, 0.05) is 26.2 Å². The lowest BCUT2D eigenvalue weighted by Crippen LogP contribution is -2.39. The fourth-order valence-corrected chi connectivity index (χ4v) is 3.85. The highest BCUT2D eigenvalue weighted by atomic mass is 32.2. The van der Waals surface area contributed by atoms with E-state index in [0.717, 1.165) is 18.7 Å². The third-order valence-electron chi connectivity index (χ3n) is 3.93. The van der Waals surface area contributed by atoms with Crippen LogP contribution in [0.4, 0.5) is 0 Å². The summed E-state index contributed by atoms with van der Waals surface area (Å²) in [5.74, 6) is 1.49. The summed E-state index contributed by atoms with van der Waals surface area (Å²) in [7, 11) is -1.60. The van der Waals surface area contributed by atoms with Gasteiger partial charge in [-0.15, -0.1) is 0 Å². The number of nitrogens with zero attached hydrogens (tertiary/aromatic N) is 2. The molecule has 1 aromatic rings. The summed E-state index contributed by atoms with van der Waals surface area (Å²) in [6.45, 7) is 8.30. The van der Waals surface area contributed by atoms with Gasteiger partial charge in [0.1, 0.15) is 5.75 Å². The lowest BCUT2D eigenvalue weighted by atomic mass is 10.1. The van der Waals surface area contributed by atoms with E-state index in [1.165, 1.54) is 9.87 Å². The van der Waals surface area contributed by atoms with Gasteiger partial charge < -0.3 is 15.4 Å². The Morgan fingerprint density at radius 2 is 1.77 bits per heavy atom. The molecular weight excluding hydrogens is 352 g/mol. The molecule has 0 unspecified atom stereocenters. The SMILES string of the molecule is CCNC(=NCCS(=O)(=O)N(CC)CC)NCCc1ccc(OC)cc1. The first kappa shape index (κ1) is 22.2. The number of rotatable bonds is 11. The monoisotopic (exact) mass is 384 g/mol. The van der Waals surface area contributed by atoms with E-state index in [4.69, 9.17) is 4.74 Å². The Balaban J connectivity index is 2.52. The zero-order chi connectivity index (χ0) is 19.4. The van der Waals surface area contributed by atoms with Gasteiger partial charge in [0.15, 0.2) is 5.96 Å². The Morgan fingerprint density at radius 3 is 2.31 bits per heavy atom. The van der Waals surface area contributed by atoms with Gasteiger partial charge in [0.05, 0.1) is 19.4 Å². The molecule has 0 radical (unpaired) electrons. The summed E-state index contributed by atoms with van der Waals surface area (Å²) < 4.78 is 31.0. The normalized spacial score (nSPS) is 12.3. The van der Waals surface area contributed by atoms with Crippen LogP contribution < -0.4 is 15.4 Å². The maximum atomic E-state index is 12.2. The van der Waals surface area contributed by atoms with Crippen LogP contribution in [0.15, 0.2) is 29.3 Å². The summed E-state index contributed by atoms with van der Waals surface area (Å²) >= 11 is 0. The third kappa shape index (κ3) is 7.61. The Labute approximate surface area is 157 Å². The van der Waals surface area contributed by atoms with Crippen molar-refractivity contribution < 1.29 is 13.2 Å². The molecule has 0 saturated carbocycles. The highest BCUT2D eigenvalue weighted by Crippen LogP contribution is 2.11. The molecule has 0 saturated heterocycles. The van der Waals surface area contributed by atoms with Crippen LogP contribution in [-0.4, -0.2) is 64.3 Å². The van der Waals surface area contributed by atoms with Crippen molar-refractivity contribution in [3.05, 3.63) is 29.8 Å². The highest BCUT2D eigenvalue weighted by molar-refractivity contribution is 7.89. The van der Waals surface area contributed by atoms with E-state index in [2.05, 4.69) is 15.6 Å². The van der Waals surface area contributed by atoms with E-state index in [-0.39, 0.29) is 12.3 Å². The van der Waals surface area contributed by atoms with E-state index in [0.29, 0.717) is 25.6 Å². The average molecular weight is 385 g/mol. The minimum Gasteiger partial charge on any atom is -0.497 e. The second kappa shape index (κ2) is 11.7. The van der Waals surface area contributed by atoms with Gasteiger partial charge in [-0.25, -0.2) is 12.7 Å². The predicted molar refractivity (Wildman–Crippen MR) is 107 cm³/mol. The molecule has 7 nitrogen and oxygen atoms in total. The molecule has 0 aliphatic rings. The lowest BCUT2D eigenvalue weighted by Gasteiger charge is -2.18. The number of hydrogen-bond acceptors (Lipinski definition) is 4. The van der Waals surface area contributed by atoms with E-state index < -0.39 is 10.0 Å². The fraction of sp³-hybridized carbons (Fsp3) is 0.611. The van der Waals surface area contributed by atoms with Crippen molar-refractivity contribution in [2.75, 3.05) is 45.6 Å². The summed E-state index contributed by atoms with van der Waals surface area (Å²) in [5.41, 5.74) is 1.19. The van der Waals surface area contributed by atoms with E-state index in [1.807, 2.05) is 45.0 Å². The number of nitrogens with one attached hydrogen (secondary N) is 2. The first-order valence-electron chi connectivity index (χ1n) is 9.09. The van der Waals surface area contributed by atoms with Crippen LogP contribution in [0, 0.1) is 0 Å². The molecule has 0 amide bonds. The zero-order valence-electron chi connectivity index (χ0n) is 16.3. The van der Waals surface area contributed by atoms with Crippen molar-refractivity contribution in [3.8, 4) is 5.75 Å². The van der Waals surface area contributed by atoms with Crippen molar-refractivity contribution in [2.24, 2.45) is 4.99 Å². The summed E-state index contributed by atoms with van der Waals surface area (Å²) in [6.07, 6.45) is 0.839. The third-order valence-corrected chi connectivity index (χ3v) is 5.93. The average Bonchev–Trinajstić information content (AvgIpc) is 2.63. The van der Waals surface area contributed by atoms with Gasteiger partial charge in [0.25, 0.3) is 0 Å². The molecule has 0 aliphatic carbocycles. The topological polar surface area (TPSA) is 83.0 Å². The Morgan fingerprint density at radius 1 is 1.12 bits per heavy atom. The molecule has 8 heteroatoms. The molecule has 0 spiro atoms. The molecule has 148 valence electrons. The molecular formula is C18H32N4O3S. The molecule has 2 N–H and O–H groups in total. The molecule has 1 rings (SSSR count). The Bertz CT molecular complexity index is 641. The van der Waals surface area contributed by atoms with Crippen molar-refractivity contribution in [1.82, 2.24) is 14.9 Å². The fourth-order valence-electron chi connectivity index (χ4n) is 2.48. The summed E-state index contributed by atoms with van der Waals surface area (Å²) in [4.78, 5) is 4.38. The highest BCUT2D eigenvalue weighted by Gasteiger charge is 2.17. The zero-order valence-corrected chi connectivity index (χ0v) is 17.1. The summed E-state index contributed by atoms with van der Waals surface area (Å²) in [5, 5.41) is 6.38. The Hall–Kier alpha value is -1.80. The maximum absolute atomic E-state index is 12.2. The van der Waals surface area contributed by atoms with Crippen molar-refractivity contribution >= 4 is 16.0 Å². The van der Waals surface area contributed by atoms with Gasteiger partial charge in [0.2, 0.25) is 10.0 Å². The van der Waals surface area contributed by atoms with Crippen LogP contribution in [0.2, 0.25) is 0 Å². The summed E-state index contributed by atoms with van der Waals surface area (Å²) in [6, 6.07) is 7.93. The maximum Gasteiger partial charge on any atom is 0.215 e. The number of ether oxygens (including phenoxy) is 1. The molecule has 0 bridgehead atoms. The smallest absolute Gasteiger partial charge is 0.215 e. The largest absolute Gasteiger partial charge is 0.497 e. The minimum atomic E-state index is -3.24.